The highest BCUT2D eigenvalue weighted by Gasteiger charge is 2.10. The van der Waals surface area contributed by atoms with Crippen molar-refractivity contribution in [3.8, 4) is 22.6 Å². The first-order valence-electron chi connectivity index (χ1n) is 9.03. The summed E-state index contributed by atoms with van der Waals surface area (Å²) in [5.41, 5.74) is 3.72. The van der Waals surface area contributed by atoms with Crippen LogP contribution in [0.4, 0.5) is 0 Å². The van der Waals surface area contributed by atoms with Crippen molar-refractivity contribution in [2.24, 2.45) is 0 Å². The zero-order valence-electron chi connectivity index (χ0n) is 15.6. The van der Waals surface area contributed by atoms with Crippen LogP contribution in [0.15, 0.2) is 77.7 Å². The van der Waals surface area contributed by atoms with Gasteiger partial charge < -0.3 is 20.5 Å². The van der Waals surface area contributed by atoms with Crippen LogP contribution in [0.3, 0.4) is 0 Å². The molecule has 6 heteroatoms. The summed E-state index contributed by atoms with van der Waals surface area (Å²) in [6.45, 7) is 1.42. The van der Waals surface area contributed by atoms with Gasteiger partial charge in [0, 0.05) is 30.2 Å². The molecule has 29 heavy (non-hydrogen) atoms. The van der Waals surface area contributed by atoms with E-state index in [0.29, 0.717) is 23.9 Å². The number of phenolic OH excluding ortho intramolecular Hbond substituents is 2. The number of pyridine rings is 1. The smallest absolute Gasteiger partial charge is 0.255 e. The minimum absolute atomic E-state index is 0. The van der Waals surface area contributed by atoms with Gasteiger partial charge >= 0.3 is 0 Å². The number of benzene rings is 3. The Labute approximate surface area is 178 Å². The van der Waals surface area contributed by atoms with Gasteiger partial charge in [0.2, 0.25) is 0 Å². The molecule has 1 aromatic heterocycles. The molecule has 0 atom stereocenters. The Balaban J connectivity index is 0.00000240. The Hall–Kier alpha value is -3.09. The zero-order chi connectivity index (χ0) is 19.5. The molecule has 0 saturated heterocycles. The normalized spacial score (nSPS) is 10.6. The third kappa shape index (κ3) is 4.50. The van der Waals surface area contributed by atoms with E-state index in [4.69, 9.17) is 0 Å². The Kier molecular flexibility index (Phi) is 6.36. The van der Waals surface area contributed by atoms with Crippen LogP contribution in [0, 0.1) is 0 Å². The number of rotatable bonds is 5. The average Bonchev–Trinajstić information content (AvgIpc) is 2.71. The van der Waals surface area contributed by atoms with Crippen LogP contribution in [0.2, 0.25) is 0 Å². The fourth-order valence-corrected chi connectivity index (χ4v) is 3.29. The molecule has 0 bridgehead atoms. The van der Waals surface area contributed by atoms with Gasteiger partial charge in [0.05, 0.1) is 5.39 Å². The second kappa shape index (κ2) is 8.94. The summed E-state index contributed by atoms with van der Waals surface area (Å²) >= 11 is 0. The molecular formula is C23H21BrN2O3. The topological polar surface area (TPSA) is 85.4 Å². The molecule has 0 aliphatic carbocycles. The molecule has 0 aliphatic rings. The number of H-pyrrole nitrogens is 1. The molecule has 0 amide bonds. The number of aromatic hydroxyl groups is 2. The van der Waals surface area contributed by atoms with Crippen LogP contribution in [-0.2, 0) is 13.1 Å². The number of nitrogens with one attached hydrogen (secondary N) is 2. The number of aromatic amines is 1. The van der Waals surface area contributed by atoms with E-state index in [-0.39, 0.29) is 34.0 Å². The second-order valence-electron chi connectivity index (χ2n) is 6.70. The maximum absolute atomic E-state index is 12.0. The lowest BCUT2D eigenvalue weighted by Crippen LogP contribution is -2.12. The number of aromatic nitrogens is 1. The highest BCUT2D eigenvalue weighted by molar-refractivity contribution is 8.93. The lowest BCUT2D eigenvalue weighted by atomic mass is 9.99. The van der Waals surface area contributed by atoms with Gasteiger partial charge in [0.15, 0.2) is 0 Å². The van der Waals surface area contributed by atoms with Gasteiger partial charge in [-0.25, -0.2) is 0 Å². The SMILES string of the molecule is Br.O=c1[nH]cc(-c2ccc(CNCc3ccc(O)cc3)cc2)c2c(O)cccc12. The fourth-order valence-electron chi connectivity index (χ4n) is 3.29. The first-order chi connectivity index (χ1) is 13.6. The van der Waals surface area contributed by atoms with E-state index >= 15 is 0 Å². The van der Waals surface area contributed by atoms with E-state index in [1.54, 1.807) is 36.5 Å². The maximum Gasteiger partial charge on any atom is 0.255 e. The van der Waals surface area contributed by atoms with Crippen LogP contribution in [-0.4, -0.2) is 15.2 Å². The van der Waals surface area contributed by atoms with Crippen molar-refractivity contribution in [3.63, 3.8) is 0 Å². The molecule has 3 aromatic carbocycles. The van der Waals surface area contributed by atoms with Crippen molar-refractivity contribution >= 4 is 27.8 Å². The molecule has 1 heterocycles. The molecule has 0 unspecified atom stereocenters. The summed E-state index contributed by atoms with van der Waals surface area (Å²) in [5, 5.41) is 24.0. The molecule has 0 radical (unpaired) electrons. The summed E-state index contributed by atoms with van der Waals surface area (Å²) in [6, 6.07) is 20.1. The van der Waals surface area contributed by atoms with Gasteiger partial charge in [0.1, 0.15) is 11.5 Å². The number of halogens is 1. The number of fused-ring (bicyclic) bond motifs is 1. The molecule has 0 spiro atoms. The fraction of sp³-hybridized carbons (Fsp3) is 0.0870. The van der Waals surface area contributed by atoms with E-state index in [2.05, 4.69) is 10.3 Å². The largest absolute Gasteiger partial charge is 0.508 e. The van der Waals surface area contributed by atoms with Gasteiger partial charge in [-0.3, -0.25) is 4.79 Å². The van der Waals surface area contributed by atoms with Crippen molar-refractivity contribution in [1.82, 2.24) is 10.3 Å². The third-order valence-electron chi connectivity index (χ3n) is 4.76. The summed E-state index contributed by atoms with van der Waals surface area (Å²) in [4.78, 5) is 14.8. The van der Waals surface area contributed by atoms with Crippen molar-refractivity contribution in [3.05, 3.63) is 94.4 Å². The zero-order valence-corrected chi connectivity index (χ0v) is 17.3. The standard InChI is InChI=1S/C23H20N2O3.BrH/c26-18-10-6-16(7-11-18)13-24-12-15-4-8-17(9-5-15)20-14-25-23(28)19-2-1-3-21(27)22(19)20;/h1-11,14,24,26-27H,12-13H2,(H,25,28);1H. The first kappa shape index (κ1) is 20.6. The average molecular weight is 453 g/mol. The lowest BCUT2D eigenvalue weighted by molar-refractivity contribution is 0.475. The lowest BCUT2D eigenvalue weighted by Gasteiger charge is -2.10. The molecule has 4 aromatic rings. The summed E-state index contributed by atoms with van der Waals surface area (Å²) in [7, 11) is 0. The quantitative estimate of drug-likeness (QED) is 0.359. The summed E-state index contributed by atoms with van der Waals surface area (Å²) < 4.78 is 0. The van der Waals surface area contributed by atoms with E-state index in [1.165, 1.54) is 0 Å². The highest BCUT2D eigenvalue weighted by atomic mass is 79.9. The van der Waals surface area contributed by atoms with Crippen LogP contribution < -0.4 is 10.9 Å². The number of hydrogen-bond acceptors (Lipinski definition) is 4. The molecule has 0 fully saturated rings. The van der Waals surface area contributed by atoms with E-state index in [0.717, 1.165) is 22.3 Å². The minimum Gasteiger partial charge on any atom is -0.508 e. The van der Waals surface area contributed by atoms with Crippen molar-refractivity contribution < 1.29 is 10.2 Å². The second-order valence-corrected chi connectivity index (χ2v) is 6.70. The molecule has 4 N–H and O–H groups in total. The summed E-state index contributed by atoms with van der Waals surface area (Å²) in [6.07, 6.45) is 1.64. The molecule has 0 saturated carbocycles. The molecule has 148 valence electrons. The molecular weight excluding hydrogens is 432 g/mol. The Morgan fingerprint density at radius 3 is 2.10 bits per heavy atom. The highest BCUT2D eigenvalue weighted by Crippen LogP contribution is 2.32. The molecule has 5 nitrogen and oxygen atoms in total. The number of phenols is 2. The first-order valence-corrected chi connectivity index (χ1v) is 9.03. The van der Waals surface area contributed by atoms with Crippen LogP contribution in [0.25, 0.3) is 21.9 Å². The summed E-state index contributed by atoms with van der Waals surface area (Å²) in [5.74, 6) is 0.360. The predicted octanol–water partition coefficient (Wildman–Crippen LogP) is 4.47. The minimum atomic E-state index is -0.218. The third-order valence-corrected chi connectivity index (χ3v) is 4.76. The van der Waals surface area contributed by atoms with E-state index in [9.17, 15) is 15.0 Å². The van der Waals surface area contributed by atoms with Gasteiger partial charge in [-0.1, -0.05) is 42.5 Å². The number of hydrogen-bond donors (Lipinski definition) is 4. The van der Waals surface area contributed by atoms with Crippen molar-refractivity contribution in [2.75, 3.05) is 0 Å². The van der Waals surface area contributed by atoms with Crippen LogP contribution in [0.5, 0.6) is 11.5 Å². The molecule has 0 aliphatic heterocycles. The Morgan fingerprint density at radius 1 is 0.828 bits per heavy atom. The van der Waals surface area contributed by atoms with Crippen molar-refractivity contribution in [2.45, 2.75) is 13.1 Å². The Morgan fingerprint density at radius 2 is 1.45 bits per heavy atom. The Bertz CT molecular complexity index is 1170. The monoisotopic (exact) mass is 452 g/mol. The van der Waals surface area contributed by atoms with Crippen LogP contribution >= 0.6 is 17.0 Å². The maximum atomic E-state index is 12.0. The van der Waals surface area contributed by atoms with Crippen LogP contribution in [0.1, 0.15) is 11.1 Å². The van der Waals surface area contributed by atoms with Gasteiger partial charge in [0.25, 0.3) is 5.56 Å². The van der Waals surface area contributed by atoms with Crippen molar-refractivity contribution in [1.29, 1.82) is 0 Å². The van der Waals surface area contributed by atoms with E-state index in [1.807, 2.05) is 36.4 Å². The van der Waals surface area contributed by atoms with Gasteiger partial charge in [-0.15, -0.1) is 17.0 Å². The van der Waals surface area contributed by atoms with Gasteiger partial charge in [-0.05, 0) is 41.0 Å². The molecule has 4 rings (SSSR count). The predicted molar refractivity (Wildman–Crippen MR) is 121 cm³/mol. The van der Waals surface area contributed by atoms with E-state index < -0.39 is 0 Å². The van der Waals surface area contributed by atoms with Gasteiger partial charge in [-0.2, -0.15) is 0 Å².